The molecule has 1 fully saturated rings. The average Bonchev–Trinajstić information content (AvgIpc) is 2.93. The van der Waals surface area contributed by atoms with Gasteiger partial charge in [-0.05, 0) is 12.0 Å². The van der Waals surface area contributed by atoms with Gasteiger partial charge >= 0.3 is 0 Å². The number of rotatable bonds is 5. The molecule has 0 aromatic carbocycles. The molecule has 1 saturated heterocycles. The first-order chi connectivity index (χ1) is 10.6. The van der Waals surface area contributed by atoms with Crippen molar-refractivity contribution >= 4 is 44.9 Å². The summed E-state index contributed by atoms with van der Waals surface area (Å²) in [6.07, 6.45) is 0. The van der Waals surface area contributed by atoms with Gasteiger partial charge in [0.1, 0.15) is 9.98 Å². The molecule has 0 atom stereocenters. The van der Waals surface area contributed by atoms with E-state index in [0.29, 0.717) is 11.1 Å². The maximum absolute atomic E-state index is 6.32. The summed E-state index contributed by atoms with van der Waals surface area (Å²) in [5, 5.41) is 2.33. The molecule has 1 aliphatic heterocycles. The molecule has 7 heteroatoms. The molecule has 0 N–H and O–H groups in total. The van der Waals surface area contributed by atoms with Gasteiger partial charge in [-0.3, -0.25) is 4.90 Å². The molecule has 0 saturated carbocycles. The summed E-state index contributed by atoms with van der Waals surface area (Å²) in [6, 6.07) is 2.12. The van der Waals surface area contributed by atoms with Crippen LogP contribution in [0.25, 0.3) is 10.2 Å². The first-order valence-electron chi connectivity index (χ1n) is 7.53. The van der Waals surface area contributed by atoms with Crippen LogP contribution in [-0.4, -0.2) is 53.5 Å². The lowest BCUT2D eigenvalue weighted by Crippen LogP contribution is -2.37. The predicted octanol–water partition coefficient (Wildman–Crippen LogP) is 3.89. The number of aromatic nitrogens is 2. The lowest BCUT2D eigenvalue weighted by molar-refractivity contribution is 0.0410. The molecule has 0 aliphatic carbocycles. The van der Waals surface area contributed by atoms with E-state index in [1.54, 1.807) is 23.1 Å². The summed E-state index contributed by atoms with van der Waals surface area (Å²) in [6.45, 7) is 9.12. The monoisotopic (exact) mass is 357 g/mol. The third kappa shape index (κ3) is 3.92. The largest absolute Gasteiger partial charge is 0.379 e. The molecule has 0 bridgehead atoms. The van der Waals surface area contributed by atoms with Gasteiger partial charge in [0.15, 0.2) is 5.16 Å². The van der Waals surface area contributed by atoms with Crippen LogP contribution in [0.4, 0.5) is 0 Å². The van der Waals surface area contributed by atoms with E-state index in [-0.39, 0.29) is 0 Å². The number of hydrogen-bond donors (Lipinski definition) is 0. The first kappa shape index (κ1) is 16.5. The van der Waals surface area contributed by atoms with Gasteiger partial charge in [-0.15, -0.1) is 11.3 Å². The molecular formula is C15H20ClN3OS2. The van der Waals surface area contributed by atoms with E-state index >= 15 is 0 Å². The zero-order valence-corrected chi connectivity index (χ0v) is 15.2. The van der Waals surface area contributed by atoms with E-state index in [1.807, 2.05) is 0 Å². The first-order valence-corrected chi connectivity index (χ1v) is 9.71. The highest BCUT2D eigenvalue weighted by Crippen LogP contribution is 2.34. The summed E-state index contributed by atoms with van der Waals surface area (Å²) in [5.74, 6) is 1.47. The van der Waals surface area contributed by atoms with E-state index in [4.69, 9.17) is 16.3 Å². The Bertz CT molecular complexity index is 641. The fourth-order valence-electron chi connectivity index (χ4n) is 2.33. The Morgan fingerprint density at radius 2 is 2.14 bits per heavy atom. The lowest BCUT2D eigenvalue weighted by atomic mass is 10.2. The number of hydrogen-bond acceptors (Lipinski definition) is 6. The number of thiophene rings is 1. The fourth-order valence-corrected chi connectivity index (χ4v) is 4.59. The van der Waals surface area contributed by atoms with Crippen molar-refractivity contribution in [1.82, 2.24) is 14.9 Å². The molecule has 0 amide bonds. The highest BCUT2D eigenvalue weighted by molar-refractivity contribution is 7.99. The van der Waals surface area contributed by atoms with Crippen molar-refractivity contribution in [3.63, 3.8) is 0 Å². The highest BCUT2D eigenvalue weighted by Gasteiger charge is 2.14. The zero-order valence-electron chi connectivity index (χ0n) is 12.8. The molecule has 22 heavy (non-hydrogen) atoms. The standard InChI is InChI=1S/C15H20ClN3OS2/c1-10(2)12-9-11-13(16)17-15(18-14(11)22-12)21-8-5-19-3-6-20-7-4-19/h9-10H,3-8H2,1-2H3. The van der Waals surface area contributed by atoms with Crippen LogP contribution in [0, 0.1) is 0 Å². The van der Waals surface area contributed by atoms with Crippen molar-refractivity contribution in [3.05, 3.63) is 16.1 Å². The van der Waals surface area contributed by atoms with Gasteiger partial charge in [-0.2, -0.15) is 0 Å². The van der Waals surface area contributed by atoms with Gasteiger partial charge in [-0.25, -0.2) is 9.97 Å². The number of ether oxygens (including phenoxy) is 1. The van der Waals surface area contributed by atoms with Gasteiger partial charge in [0.2, 0.25) is 0 Å². The Kier molecular flexibility index (Phi) is 5.57. The third-order valence-corrected chi connectivity index (χ3v) is 6.10. The maximum Gasteiger partial charge on any atom is 0.190 e. The maximum atomic E-state index is 6.32. The summed E-state index contributed by atoms with van der Waals surface area (Å²) in [5.41, 5.74) is 0. The second-order valence-corrected chi connectivity index (χ2v) is 8.10. The van der Waals surface area contributed by atoms with Gasteiger partial charge in [-0.1, -0.05) is 37.2 Å². The molecule has 2 aromatic heterocycles. The quantitative estimate of drug-likeness (QED) is 0.461. The topological polar surface area (TPSA) is 38.2 Å². The summed E-state index contributed by atoms with van der Waals surface area (Å²) in [7, 11) is 0. The van der Waals surface area contributed by atoms with Crippen molar-refractivity contribution in [3.8, 4) is 0 Å². The summed E-state index contributed by atoms with van der Waals surface area (Å²) >= 11 is 9.72. The fraction of sp³-hybridized carbons (Fsp3) is 0.600. The lowest BCUT2D eigenvalue weighted by Gasteiger charge is -2.26. The van der Waals surface area contributed by atoms with Gasteiger partial charge in [0, 0.05) is 35.7 Å². The Hall–Kier alpha value is -0.400. The molecule has 3 rings (SSSR count). The van der Waals surface area contributed by atoms with Crippen LogP contribution in [0.15, 0.2) is 11.2 Å². The van der Waals surface area contributed by atoms with E-state index in [0.717, 1.165) is 54.0 Å². The van der Waals surface area contributed by atoms with E-state index in [1.165, 1.54) is 4.88 Å². The second-order valence-electron chi connectivity index (χ2n) is 5.62. The molecular weight excluding hydrogens is 338 g/mol. The van der Waals surface area contributed by atoms with Crippen LogP contribution >= 0.6 is 34.7 Å². The minimum absolute atomic E-state index is 0.493. The van der Waals surface area contributed by atoms with Crippen molar-refractivity contribution in [2.75, 3.05) is 38.6 Å². The van der Waals surface area contributed by atoms with Crippen molar-refractivity contribution < 1.29 is 4.74 Å². The molecule has 0 spiro atoms. The number of thioether (sulfide) groups is 1. The molecule has 1 aliphatic rings. The Morgan fingerprint density at radius 3 is 2.86 bits per heavy atom. The molecule has 0 radical (unpaired) electrons. The van der Waals surface area contributed by atoms with Crippen molar-refractivity contribution in [2.45, 2.75) is 24.9 Å². The molecule has 120 valence electrons. The van der Waals surface area contributed by atoms with Crippen LogP contribution in [0.3, 0.4) is 0 Å². The number of halogens is 1. The Balaban J connectivity index is 1.65. The second kappa shape index (κ2) is 7.45. The zero-order chi connectivity index (χ0) is 15.5. The van der Waals surface area contributed by atoms with Gasteiger partial charge in [0.25, 0.3) is 0 Å². The number of fused-ring (bicyclic) bond motifs is 1. The Morgan fingerprint density at radius 1 is 1.36 bits per heavy atom. The van der Waals surface area contributed by atoms with Crippen LogP contribution in [0.1, 0.15) is 24.6 Å². The number of morpholine rings is 1. The van der Waals surface area contributed by atoms with Crippen LogP contribution in [0.5, 0.6) is 0 Å². The number of nitrogens with zero attached hydrogens (tertiary/aromatic N) is 3. The SMILES string of the molecule is CC(C)c1cc2c(Cl)nc(SCCN3CCOCC3)nc2s1. The average molecular weight is 358 g/mol. The minimum Gasteiger partial charge on any atom is -0.379 e. The molecule has 4 nitrogen and oxygen atoms in total. The Labute approximate surface area is 144 Å². The van der Waals surface area contributed by atoms with Crippen LogP contribution in [0.2, 0.25) is 5.15 Å². The van der Waals surface area contributed by atoms with E-state index < -0.39 is 0 Å². The minimum atomic E-state index is 0.493. The van der Waals surface area contributed by atoms with Crippen LogP contribution < -0.4 is 0 Å². The van der Waals surface area contributed by atoms with Gasteiger partial charge < -0.3 is 4.74 Å². The molecule has 2 aromatic rings. The van der Waals surface area contributed by atoms with Crippen molar-refractivity contribution in [2.24, 2.45) is 0 Å². The van der Waals surface area contributed by atoms with Crippen molar-refractivity contribution in [1.29, 1.82) is 0 Å². The predicted molar refractivity (Wildman–Crippen MR) is 94.5 cm³/mol. The smallest absolute Gasteiger partial charge is 0.190 e. The molecule has 3 heterocycles. The van der Waals surface area contributed by atoms with Gasteiger partial charge in [0.05, 0.1) is 13.2 Å². The summed E-state index contributed by atoms with van der Waals surface area (Å²) in [4.78, 5) is 13.8. The highest BCUT2D eigenvalue weighted by atomic mass is 35.5. The third-order valence-electron chi connectivity index (χ3n) is 3.66. The van der Waals surface area contributed by atoms with Crippen LogP contribution in [-0.2, 0) is 4.74 Å². The normalized spacial score (nSPS) is 16.7. The van der Waals surface area contributed by atoms with E-state index in [9.17, 15) is 0 Å². The summed E-state index contributed by atoms with van der Waals surface area (Å²) < 4.78 is 5.36. The molecule has 0 unspecified atom stereocenters. The van der Waals surface area contributed by atoms with E-state index in [2.05, 4.69) is 34.8 Å².